The number of carbonyl (C=O) groups excluding carboxylic acids is 1. The van der Waals surface area contributed by atoms with Gasteiger partial charge in [0, 0.05) is 51.9 Å². The largest absolute Gasteiger partial charge is 0.472 e. The quantitative estimate of drug-likeness (QED) is 0.506. The van der Waals surface area contributed by atoms with E-state index in [-0.39, 0.29) is 42.9 Å². The predicted molar refractivity (Wildman–Crippen MR) is 143 cm³/mol. The molecule has 0 saturated carbocycles. The Kier molecular flexibility index (Phi) is 6.61. The molecular formula is C27H34N8O3. The number of benzene rings is 1. The molecule has 1 saturated heterocycles. The maximum Gasteiger partial charge on any atom is 0.350 e. The second-order valence-corrected chi connectivity index (χ2v) is 10.3. The molecule has 0 N–H and O–H groups in total. The molecule has 3 atom stereocenters. The summed E-state index contributed by atoms with van der Waals surface area (Å²) in [6.45, 7) is 10.7. The van der Waals surface area contributed by atoms with Crippen molar-refractivity contribution in [2.45, 2.75) is 58.8 Å². The zero-order valence-corrected chi connectivity index (χ0v) is 22.8. The lowest BCUT2D eigenvalue weighted by Gasteiger charge is -2.47. The monoisotopic (exact) mass is 518 g/mol. The number of ether oxygens (including phenoxy) is 1. The van der Waals surface area contributed by atoms with Gasteiger partial charge in [0.2, 0.25) is 0 Å². The minimum Gasteiger partial charge on any atom is -0.472 e. The number of piperazine rings is 1. The van der Waals surface area contributed by atoms with Gasteiger partial charge >= 0.3 is 5.69 Å². The number of nitriles is 1. The van der Waals surface area contributed by atoms with Crippen LogP contribution in [0.15, 0.2) is 23.0 Å². The zero-order valence-electron chi connectivity index (χ0n) is 22.8. The van der Waals surface area contributed by atoms with E-state index in [1.54, 1.807) is 19.0 Å². The Morgan fingerprint density at radius 3 is 2.63 bits per heavy atom. The Hall–Kier alpha value is -3.91. The molecule has 3 aromatic rings. The average Bonchev–Trinajstić information content (AvgIpc) is 3.27. The minimum atomic E-state index is -0.341. The van der Waals surface area contributed by atoms with E-state index in [0.717, 1.165) is 12.1 Å². The van der Waals surface area contributed by atoms with Crippen molar-refractivity contribution in [2.24, 2.45) is 7.05 Å². The first-order valence-corrected chi connectivity index (χ1v) is 13.0. The minimum absolute atomic E-state index is 0.0328. The molecule has 0 bridgehead atoms. The highest BCUT2D eigenvalue weighted by Crippen LogP contribution is 2.34. The molecule has 200 valence electrons. The van der Waals surface area contributed by atoms with Crippen LogP contribution in [-0.4, -0.2) is 73.8 Å². The van der Waals surface area contributed by atoms with Gasteiger partial charge in [-0.2, -0.15) is 10.2 Å². The predicted octanol–water partition coefficient (Wildman–Crippen LogP) is 2.30. The third kappa shape index (κ3) is 4.09. The molecule has 11 heteroatoms. The molecule has 38 heavy (non-hydrogen) atoms. The van der Waals surface area contributed by atoms with Crippen molar-refractivity contribution in [3.8, 4) is 11.8 Å². The Labute approximate surface area is 221 Å². The van der Waals surface area contributed by atoms with E-state index < -0.39 is 0 Å². The number of fused-ring (bicyclic) bond motifs is 2. The van der Waals surface area contributed by atoms with Crippen molar-refractivity contribution in [1.82, 2.24) is 28.9 Å². The third-order valence-electron chi connectivity index (χ3n) is 7.87. The van der Waals surface area contributed by atoms with Crippen molar-refractivity contribution in [3.63, 3.8) is 0 Å². The molecule has 1 amide bonds. The summed E-state index contributed by atoms with van der Waals surface area (Å²) in [5, 5.41) is 9.32. The van der Waals surface area contributed by atoms with Crippen LogP contribution in [0, 0.1) is 11.3 Å². The molecule has 0 spiro atoms. The summed E-state index contributed by atoms with van der Waals surface area (Å²) in [7, 11) is 3.43. The van der Waals surface area contributed by atoms with Crippen molar-refractivity contribution in [3.05, 3.63) is 45.6 Å². The van der Waals surface area contributed by atoms with Gasteiger partial charge in [0.15, 0.2) is 12.5 Å². The topological polar surface area (TPSA) is 113 Å². The summed E-state index contributed by atoms with van der Waals surface area (Å²) in [5.74, 6) is 1.80. The number of hydrogen-bond acceptors (Lipinski definition) is 8. The van der Waals surface area contributed by atoms with Gasteiger partial charge in [-0.1, -0.05) is 6.07 Å². The lowest BCUT2D eigenvalue weighted by molar-refractivity contribution is 0.0594. The summed E-state index contributed by atoms with van der Waals surface area (Å²) < 4.78 is 9.14. The maximum atomic E-state index is 12.9. The first-order valence-electron chi connectivity index (χ1n) is 13.0. The van der Waals surface area contributed by atoms with Crippen molar-refractivity contribution in [2.75, 3.05) is 31.8 Å². The number of aromatic nitrogens is 4. The molecule has 5 rings (SSSR count). The van der Waals surface area contributed by atoms with Crippen molar-refractivity contribution in [1.29, 1.82) is 5.26 Å². The van der Waals surface area contributed by atoms with Crippen LogP contribution in [0.2, 0.25) is 0 Å². The molecule has 1 unspecified atom stereocenters. The van der Waals surface area contributed by atoms with Crippen molar-refractivity contribution >= 4 is 22.9 Å². The second kappa shape index (κ2) is 9.76. The molecule has 11 nitrogen and oxygen atoms in total. The van der Waals surface area contributed by atoms with Gasteiger partial charge in [-0.3, -0.25) is 14.3 Å². The molecule has 2 aliphatic heterocycles. The number of carbonyl (C=O) groups is 1. The number of imidazole rings is 1. The third-order valence-corrected chi connectivity index (χ3v) is 7.87. The van der Waals surface area contributed by atoms with E-state index in [4.69, 9.17) is 9.72 Å². The molecule has 1 aromatic carbocycles. The van der Waals surface area contributed by atoms with Crippen LogP contribution in [0.25, 0.3) is 11.2 Å². The van der Waals surface area contributed by atoms with Crippen LogP contribution >= 0.6 is 0 Å². The molecule has 1 fully saturated rings. The van der Waals surface area contributed by atoms with E-state index in [2.05, 4.69) is 41.6 Å². The van der Waals surface area contributed by atoms with E-state index in [9.17, 15) is 14.9 Å². The molecule has 2 aliphatic rings. The SMILES string of the molecule is CCn1c(CC#N)nc2c(N3C[C@@H](C)N(C(C)c4ccc5c(c4)C(=O)N(C)CO5)C[C@@H]3C)nc(=O)n(C)c21. The molecular weight excluding hydrogens is 484 g/mol. The first-order chi connectivity index (χ1) is 18.2. The summed E-state index contributed by atoms with van der Waals surface area (Å²) in [6.07, 6.45) is 0.164. The van der Waals surface area contributed by atoms with Gasteiger partial charge in [-0.15, -0.1) is 0 Å². The fourth-order valence-corrected chi connectivity index (χ4v) is 5.74. The zero-order chi connectivity index (χ0) is 27.3. The Morgan fingerprint density at radius 1 is 1.16 bits per heavy atom. The fraction of sp³-hybridized carbons (Fsp3) is 0.519. The summed E-state index contributed by atoms with van der Waals surface area (Å²) in [4.78, 5) is 41.0. The van der Waals surface area contributed by atoms with Crippen molar-refractivity contribution < 1.29 is 9.53 Å². The molecule has 0 aliphatic carbocycles. The lowest BCUT2D eigenvalue weighted by atomic mass is 9.98. The Morgan fingerprint density at radius 2 is 1.92 bits per heavy atom. The number of rotatable bonds is 5. The van der Waals surface area contributed by atoms with Gasteiger partial charge in [-0.25, -0.2) is 9.78 Å². The van der Waals surface area contributed by atoms with E-state index in [0.29, 0.717) is 47.2 Å². The number of hydrogen-bond donors (Lipinski definition) is 0. The number of anilines is 1. The summed E-state index contributed by atoms with van der Waals surface area (Å²) in [5.41, 5.74) is 2.65. The van der Waals surface area contributed by atoms with Crippen LogP contribution in [0.3, 0.4) is 0 Å². The lowest BCUT2D eigenvalue weighted by Crippen LogP contribution is -2.57. The number of aryl methyl sites for hydroxylation is 2. The second-order valence-electron chi connectivity index (χ2n) is 10.3. The van der Waals surface area contributed by atoms with Gasteiger partial charge in [0.25, 0.3) is 5.91 Å². The van der Waals surface area contributed by atoms with Crippen LogP contribution < -0.4 is 15.3 Å². The average molecular weight is 519 g/mol. The van der Waals surface area contributed by atoms with E-state index in [1.165, 1.54) is 4.57 Å². The molecule has 2 aromatic heterocycles. The molecule has 4 heterocycles. The van der Waals surface area contributed by atoms with Gasteiger partial charge in [0.1, 0.15) is 22.7 Å². The van der Waals surface area contributed by atoms with E-state index >= 15 is 0 Å². The van der Waals surface area contributed by atoms with Crippen LogP contribution in [0.4, 0.5) is 5.82 Å². The summed E-state index contributed by atoms with van der Waals surface area (Å²) in [6, 6.07) is 8.31. The fourth-order valence-electron chi connectivity index (χ4n) is 5.74. The highest BCUT2D eigenvalue weighted by Gasteiger charge is 2.35. The standard InChI is InChI=1S/C27H34N8O3/c1-7-33-22(10-11-28)29-23-24(30-27(37)32(6)25(23)33)35-14-16(2)34(13-17(35)3)18(4)19-8-9-21-20(12-19)26(36)31(5)15-38-21/h8-9,12,16-18H,7,10,13-15H2,1-6H3/t16-,17+,18?/m1/s1. The maximum absolute atomic E-state index is 12.9. The number of amides is 1. The van der Waals surface area contributed by atoms with Gasteiger partial charge in [0.05, 0.1) is 18.1 Å². The van der Waals surface area contributed by atoms with Crippen LogP contribution in [0.1, 0.15) is 55.5 Å². The Balaban J connectivity index is 1.46. The van der Waals surface area contributed by atoms with Gasteiger partial charge < -0.3 is 19.1 Å². The highest BCUT2D eigenvalue weighted by molar-refractivity contribution is 5.97. The summed E-state index contributed by atoms with van der Waals surface area (Å²) >= 11 is 0. The molecule has 0 radical (unpaired) electrons. The van der Waals surface area contributed by atoms with Crippen LogP contribution in [0.5, 0.6) is 5.75 Å². The number of nitrogens with zero attached hydrogens (tertiary/aromatic N) is 8. The van der Waals surface area contributed by atoms with Crippen LogP contribution in [-0.2, 0) is 20.0 Å². The van der Waals surface area contributed by atoms with Gasteiger partial charge in [-0.05, 0) is 45.4 Å². The first kappa shape index (κ1) is 25.7. The Bertz CT molecular complexity index is 1500. The smallest absolute Gasteiger partial charge is 0.350 e. The van der Waals surface area contributed by atoms with E-state index in [1.807, 2.05) is 29.7 Å². The normalized spacial score (nSPS) is 20.8. The highest BCUT2D eigenvalue weighted by atomic mass is 16.5.